The molecule has 0 bridgehead atoms. The van der Waals surface area contributed by atoms with Crippen LogP contribution in [0.2, 0.25) is 0 Å². The zero-order valence-electron chi connectivity index (χ0n) is 14.2. The van der Waals surface area contributed by atoms with Gasteiger partial charge >= 0.3 is 0 Å². The molecule has 1 rings (SSSR count). The largest absolute Gasteiger partial charge is 0.301 e. The molecule has 4 atom stereocenters. The van der Waals surface area contributed by atoms with Crippen LogP contribution in [0.15, 0.2) is 0 Å². The number of rotatable bonds is 6. The fraction of sp³-hybridized carbons (Fsp3) is 0.941. The Morgan fingerprint density at radius 3 is 2.50 bits per heavy atom. The summed E-state index contributed by atoms with van der Waals surface area (Å²) < 4.78 is 0. The van der Waals surface area contributed by atoms with E-state index in [4.69, 9.17) is 0 Å². The van der Waals surface area contributed by atoms with Crippen LogP contribution < -0.4 is 5.32 Å². The molecule has 4 unspecified atom stereocenters. The van der Waals surface area contributed by atoms with Crippen LogP contribution in [0, 0.1) is 17.2 Å². The molecule has 0 aliphatic heterocycles. The van der Waals surface area contributed by atoms with Crippen LogP contribution in [-0.2, 0) is 0 Å². The zero-order chi connectivity index (χ0) is 15.3. The minimum atomic E-state index is -0.428. The third-order valence-corrected chi connectivity index (χ3v) is 4.74. The lowest BCUT2D eigenvalue weighted by Gasteiger charge is -2.40. The van der Waals surface area contributed by atoms with Crippen molar-refractivity contribution in [3.05, 3.63) is 0 Å². The topological polar surface area (TPSA) is 39.1 Å². The average molecular weight is 279 g/mol. The number of nitrogens with zero attached hydrogens (tertiary/aromatic N) is 2. The highest BCUT2D eigenvalue weighted by atomic mass is 15.2. The van der Waals surface area contributed by atoms with Gasteiger partial charge in [-0.2, -0.15) is 5.26 Å². The zero-order valence-corrected chi connectivity index (χ0v) is 14.2. The standard InChI is InChI=1S/C17H33N3/c1-13(2)19-17(5,12-18)11-15(4)20(6)16-9-7-8-14(3)10-16/h13-16,19H,7-11H2,1-6H3. The molecule has 1 aliphatic rings. The van der Waals surface area contributed by atoms with Gasteiger partial charge in [-0.1, -0.05) is 19.8 Å². The molecule has 3 heteroatoms. The SMILES string of the molecule is CC1CCCC(N(C)C(C)CC(C)(C#N)NC(C)C)C1. The van der Waals surface area contributed by atoms with Crippen LogP contribution >= 0.6 is 0 Å². The van der Waals surface area contributed by atoms with Gasteiger partial charge in [0.15, 0.2) is 0 Å². The highest BCUT2D eigenvalue weighted by Crippen LogP contribution is 2.29. The molecule has 20 heavy (non-hydrogen) atoms. The first-order valence-corrected chi connectivity index (χ1v) is 8.18. The monoisotopic (exact) mass is 279 g/mol. The van der Waals surface area contributed by atoms with Gasteiger partial charge in [0, 0.05) is 18.1 Å². The molecule has 0 spiro atoms. The van der Waals surface area contributed by atoms with Crippen molar-refractivity contribution in [3.8, 4) is 6.07 Å². The second-order valence-corrected chi connectivity index (χ2v) is 7.39. The molecule has 1 fully saturated rings. The highest BCUT2D eigenvalue weighted by molar-refractivity contribution is 5.06. The summed E-state index contributed by atoms with van der Waals surface area (Å²) in [6.45, 7) is 10.9. The molecule has 0 amide bonds. The van der Waals surface area contributed by atoms with Crippen molar-refractivity contribution in [1.82, 2.24) is 10.2 Å². The first-order valence-electron chi connectivity index (χ1n) is 8.18. The van der Waals surface area contributed by atoms with Gasteiger partial charge in [-0.3, -0.25) is 5.32 Å². The molecule has 0 radical (unpaired) electrons. The lowest BCUT2D eigenvalue weighted by atomic mass is 9.85. The number of nitrogens with one attached hydrogen (secondary N) is 1. The average Bonchev–Trinajstić information content (AvgIpc) is 2.36. The summed E-state index contributed by atoms with van der Waals surface area (Å²) in [6.07, 6.45) is 6.23. The van der Waals surface area contributed by atoms with Crippen LogP contribution in [0.25, 0.3) is 0 Å². The molecule has 0 heterocycles. The highest BCUT2D eigenvalue weighted by Gasteiger charge is 2.31. The Hall–Kier alpha value is -0.590. The summed E-state index contributed by atoms with van der Waals surface area (Å²) in [6, 6.07) is 3.93. The number of hydrogen-bond donors (Lipinski definition) is 1. The first-order chi connectivity index (χ1) is 9.27. The van der Waals surface area contributed by atoms with Crippen molar-refractivity contribution in [1.29, 1.82) is 5.26 Å². The van der Waals surface area contributed by atoms with Gasteiger partial charge in [0.1, 0.15) is 5.54 Å². The normalized spacial score (nSPS) is 28.1. The predicted octanol–water partition coefficient (Wildman–Crippen LogP) is 3.56. The summed E-state index contributed by atoms with van der Waals surface area (Å²) in [5.74, 6) is 0.847. The molecular weight excluding hydrogens is 246 g/mol. The van der Waals surface area contributed by atoms with Crippen molar-refractivity contribution >= 4 is 0 Å². The lowest BCUT2D eigenvalue weighted by molar-refractivity contribution is 0.109. The molecule has 0 aromatic carbocycles. The maximum Gasteiger partial charge on any atom is 0.105 e. The third kappa shape index (κ3) is 5.07. The van der Waals surface area contributed by atoms with Crippen LogP contribution in [0.5, 0.6) is 0 Å². The van der Waals surface area contributed by atoms with E-state index in [0.29, 0.717) is 18.1 Å². The van der Waals surface area contributed by atoms with Crippen LogP contribution in [-0.4, -0.2) is 35.6 Å². The lowest BCUT2D eigenvalue weighted by Crippen LogP contribution is -2.51. The Kier molecular flexibility index (Phi) is 6.48. The van der Waals surface area contributed by atoms with Crippen LogP contribution in [0.3, 0.4) is 0 Å². The molecule has 0 aromatic heterocycles. The van der Waals surface area contributed by atoms with Crippen molar-refractivity contribution in [2.24, 2.45) is 5.92 Å². The fourth-order valence-corrected chi connectivity index (χ4v) is 3.64. The van der Waals surface area contributed by atoms with Crippen molar-refractivity contribution < 1.29 is 0 Å². The summed E-state index contributed by atoms with van der Waals surface area (Å²) in [5, 5.41) is 12.9. The van der Waals surface area contributed by atoms with E-state index in [-0.39, 0.29) is 0 Å². The quantitative estimate of drug-likeness (QED) is 0.808. The third-order valence-electron chi connectivity index (χ3n) is 4.74. The first kappa shape index (κ1) is 17.5. The van der Waals surface area contributed by atoms with Crippen molar-refractivity contribution in [3.63, 3.8) is 0 Å². The number of nitriles is 1. The maximum absolute atomic E-state index is 9.49. The van der Waals surface area contributed by atoms with Crippen LogP contribution in [0.4, 0.5) is 0 Å². The Morgan fingerprint density at radius 1 is 1.35 bits per heavy atom. The summed E-state index contributed by atoms with van der Waals surface area (Å²) in [7, 11) is 2.24. The van der Waals surface area contributed by atoms with E-state index in [0.717, 1.165) is 12.3 Å². The molecule has 0 aromatic rings. The van der Waals surface area contributed by atoms with E-state index in [1.165, 1.54) is 25.7 Å². The van der Waals surface area contributed by atoms with Gasteiger partial charge in [0.2, 0.25) is 0 Å². The molecule has 1 saturated carbocycles. The smallest absolute Gasteiger partial charge is 0.105 e. The summed E-state index contributed by atoms with van der Waals surface area (Å²) in [5.41, 5.74) is -0.428. The Balaban J connectivity index is 2.59. The number of hydrogen-bond acceptors (Lipinski definition) is 3. The molecule has 0 saturated heterocycles. The second kappa shape index (κ2) is 7.43. The minimum absolute atomic E-state index is 0.340. The van der Waals surface area contributed by atoms with Gasteiger partial charge in [-0.15, -0.1) is 0 Å². The predicted molar refractivity (Wildman–Crippen MR) is 85.6 cm³/mol. The van der Waals surface area contributed by atoms with Gasteiger partial charge in [-0.05, 0) is 59.9 Å². The van der Waals surface area contributed by atoms with Crippen molar-refractivity contribution in [2.75, 3.05) is 7.05 Å². The van der Waals surface area contributed by atoms with Gasteiger partial charge in [-0.25, -0.2) is 0 Å². The molecular formula is C17H33N3. The van der Waals surface area contributed by atoms with Gasteiger partial charge in [0.25, 0.3) is 0 Å². The summed E-state index contributed by atoms with van der Waals surface area (Å²) in [4.78, 5) is 2.51. The Bertz CT molecular complexity index is 334. The molecule has 116 valence electrons. The molecule has 1 aliphatic carbocycles. The van der Waals surface area contributed by atoms with Gasteiger partial charge in [0.05, 0.1) is 6.07 Å². The molecule has 3 nitrogen and oxygen atoms in total. The van der Waals surface area contributed by atoms with E-state index < -0.39 is 5.54 Å². The fourth-order valence-electron chi connectivity index (χ4n) is 3.64. The second-order valence-electron chi connectivity index (χ2n) is 7.39. The Labute approximate surface area is 125 Å². The van der Waals surface area contributed by atoms with E-state index in [1.807, 2.05) is 6.92 Å². The minimum Gasteiger partial charge on any atom is -0.301 e. The van der Waals surface area contributed by atoms with E-state index >= 15 is 0 Å². The van der Waals surface area contributed by atoms with Crippen LogP contribution in [0.1, 0.15) is 66.7 Å². The molecule has 1 N–H and O–H groups in total. The van der Waals surface area contributed by atoms with E-state index in [1.54, 1.807) is 0 Å². The Morgan fingerprint density at radius 2 is 2.00 bits per heavy atom. The van der Waals surface area contributed by atoms with Crippen molar-refractivity contribution in [2.45, 2.75) is 90.4 Å². The van der Waals surface area contributed by atoms with E-state index in [9.17, 15) is 5.26 Å². The maximum atomic E-state index is 9.49. The summed E-state index contributed by atoms with van der Waals surface area (Å²) >= 11 is 0. The van der Waals surface area contributed by atoms with E-state index in [2.05, 4.69) is 51.0 Å². The van der Waals surface area contributed by atoms with Gasteiger partial charge < -0.3 is 4.90 Å².